The SMILES string of the molecule is CN(C)COc1ccc2c(c1)-c1ccc(F)cc1C21NC(=O)NC1=O. The van der Waals surface area contributed by atoms with Crippen molar-refractivity contribution >= 4 is 11.9 Å². The molecule has 1 saturated heterocycles. The highest BCUT2D eigenvalue weighted by molar-refractivity contribution is 6.13. The van der Waals surface area contributed by atoms with Crippen molar-refractivity contribution in [2.75, 3.05) is 20.8 Å². The first-order chi connectivity index (χ1) is 11.9. The lowest BCUT2D eigenvalue weighted by Crippen LogP contribution is -2.43. The molecule has 1 fully saturated rings. The number of urea groups is 1. The van der Waals surface area contributed by atoms with Crippen LogP contribution < -0.4 is 15.4 Å². The summed E-state index contributed by atoms with van der Waals surface area (Å²) in [7, 11) is 3.78. The van der Waals surface area contributed by atoms with Crippen LogP contribution in [0.25, 0.3) is 11.1 Å². The number of benzene rings is 2. The normalized spacial score (nSPS) is 20.5. The smallest absolute Gasteiger partial charge is 0.322 e. The molecule has 128 valence electrons. The molecular weight excluding hydrogens is 325 g/mol. The predicted octanol–water partition coefficient (Wildman–Crippen LogP) is 1.79. The van der Waals surface area contributed by atoms with E-state index in [2.05, 4.69) is 10.6 Å². The second kappa shape index (κ2) is 5.29. The number of carbonyl (C=O) groups excluding carboxylic acids is 2. The Morgan fingerprint density at radius 1 is 1.08 bits per heavy atom. The number of rotatable bonds is 3. The first-order valence-corrected chi connectivity index (χ1v) is 7.78. The molecule has 1 atom stereocenters. The van der Waals surface area contributed by atoms with Crippen LogP contribution in [0.5, 0.6) is 5.75 Å². The number of hydrogen-bond acceptors (Lipinski definition) is 4. The van der Waals surface area contributed by atoms with E-state index in [1.54, 1.807) is 18.2 Å². The summed E-state index contributed by atoms with van der Waals surface area (Å²) in [6, 6.07) is 8.94. The van der Waals surface area contributed by atoms with E-state index in [4.69, 9.17) is 4.74 Å². The van der Waals surface area contributed by atoms with Gasteiger partial charge in [-0.05, 0) is 55.1 Å². The Hall–Kier alpha value is -2.93. The van der Waals surface area contributed by atoms with Crippen LogP contribution in [0.4, 0.5) is 9.18 Å². The number of hydrogen-bond donors (Lipinski definition) is 2. The number of nitrogens with zero attached hydrogens (tertiary/aromatic N) is 1. The van der Waals surface area contributed by atoms with Crippen LogP contribution in [0.2, 0.25) is 0 Å². The molecule has 2 N–H and O–H groups in total. The number of imide groups is 1. The third-order valence-corrected chi connectivity index (χ3v) is 4.43. The van der Waals surface area contributed by atoms with E-state index >= 15 is 0 Å². The fourth-order valence-electron chi connectivity index (χ4n) is 3.41. The molecule has 0 bridgehead atoms. The fraction of sp³-hybridized carbons (Fsp3) is 0.222. The maximum Gasteiger partial charge on any atom is 0.322 e. The number of halogens is 1. The maximum absolute atomic E-state index is 13.9. The quantitative estimate of drug-likeness (QED) is 0.660. The Bertz CT molecular complexity index is 912. The van der Waals surface area contributed by atoms with E-state index in [0.717, 1.165) is 5.56 Å². The van der Waals surface area contributed by atoms with Crippen molar-refractivity contribution in [3.8, 4) is 16.9 Å². The Kier molecular flexibility index (Phi) is 3.30. The van der Waals surface area contributed by atoms with Gasteiger partial charge in [-0.15, -0.1) is 0 Å². The average Bonchev–Trinajstić information content (AvgIpc) is 3.01. The fourth-order valence-corrected chi connectivity index (χ4v) is 3.41. The zero-order valence-electron chi connectivity index (χ0n) is 13.7. The number of ether oxygens (including phenoxy) is 1. The van der Waals surface area contributed by atoms with E-state index < -0.39 is 23.3 Å². The lowest BCUT2D eigenvalue weighted by atomic mass is 9.87. The van der Waals surface area contributed by atoms with Gasteiger partial charge in [-0.2, -0.15) is 0 Å². The molecule has 0 radical (unpaired) electrons. The summed E-state index contributed by atoms with van der Waals surface area (Å²) in [5.74, 6) is -0.349. The molecule has 1 aliphatic heterocycles. The third-order valence-electron chi connectivity index (χ3n) is 4.43. The lowest BCUT2D eigenvalue weighted by Gasteiger charge is -2.23. The van der Waals surface area contributed by atoms with Crippen LogP contribution in [0.1, 0.15) is 11.1 Å². The summed E-state index contributed by atoms with van der Waals surface area (Å²) >= 11 is 0. The Morgan fingerprint density at radius 3 is 2.56 bits per heavy atom. The lowest BCUT2D eigenvalue weighted by molar-refractivity contribution is -0.122. The van der Waals surface area contributed by atoms with E-state index in [1.807, 2.05) is 25.1 Å². The van der Waals surface area contributed by atoms with Gasteiger partial charge in [0.05, 0.1) is 0 Å². The van der Waals surface area contributed by atoms with Crippen LogP contribution in [0, 0.1) is 5.82 Å². The highest BCUT2D eigenvalue weighted by Crippen LogP contribution is 2.50. The summed E-state index contributed by atoms with van der Waals surface area (Å²) in [4.78, 5) is 26.3. The van der Waals surface area contributed by atoms with Crippen molar-refractivity contribution in [3.05, 3.63) is 53.3 Å². The van der Waals surface area contributed by atoms with Crippen molar-refractivity contribution in [1.29, 1.82) is 0 Å². The van der Waals surface area contributed by atoms with Crippen molar-refractivity contribution in [1.82, 2.24) is 15.5 Å². The number of carbonyl (C=O) groups is 2. The van der Waals surface area contributed by atoms with Gasteiger partial charge < -0.3 is 10.1 Å². The van der Waals surface area contributed by atoms with E-state index in [9.17, 15) is 14.0 Å². The molecule has 2 aromatic rings. The van der Waals surface area contributed by atoms with Crippen LogP contribution in [0.3, 0.4) is 0 Å². The van der Waals surface area contributed by atoms with Gasteiger partial charge in [0.1, 0.15) is 18.3 Å². The topological polar surface area (TPSA) is 70.7 Å². The number of nitrogens with one attached hydrogen (secondary N) is 2. The molecule has 0 saturated carbocycles. The van der Waals surface area contributed by atoms with Crippen LogP contribution in [-0.4, -0.2) is 37.7 Å². The first kappa shape index (κ1) is 15.6. The van der Waals surface area contributed by atoms with Gasteiger partial charge in [-0.25, -0.2) is 9.18 Å². The highest BCUT2D eigenvalue weighted by atomic mass is 19.1. The Labute approximate surface area is 143 Å². The van der Waals surface area contributed by atoms with Gasteiger partial charge in [0.15, 0.2) is 5.54 Å². The Morgan fingerprint density at radius 2 is 1.88 bits per heavy atom. The molecule has 2 aliphatic rings. The second-order valence-corrected chi connectivity index (χ2v) is 6.41. The van der Waals surface area contributed by atoms with E-state index in [-0.39, 0.29) is 0 Å². The molecule has 2 aromatic carbocycles. The second-order valence-electron chi connectivity index (χ2n) is 6.41. The molecule has 4 rings (SSSR count). The summed E-state index contributed by atoms with van der Waals surface area (Å²) in [5.41, 5.74) is 1.07. The molecule has 1 spiro atoms. The molecule has 0 aromatic heterocycles. The molecule has 25 heavy (non-hydrogen) atoms. The largest absolute Gasteiger partial charge is 0.478 e. The van der Waals surface area contributed by atoms with Crippen LogP contribution in [-0.2, 0) is 10.3 Å². The molecular formula is C18H16FN3O3. The first-order valence-electron chi connectivity index (χ1n) is 7.78. The van der Waals surface area contributed by atoms with E-state index in [0.29, 0.717) is 29.2 Å². The third kappa shape index (κ3) is 2.20. The van der Waals surface area contributed by atoms with Gasteiger partial charge in [0.25, 0.3) is 5.91 Å². The maximum atomic E-state index is 13.9. The van der Waals surface area contributed by atoms with Crippen molar-refractivity contribution in [3.63, 3.8) is 0 Å². The summed E-state index contributed by atoms with van der Waals surface area (Å²) < 4.78 is 19.6. The van der Waals surface area contributed by atoms with Gasteiger partial charge in [0, 0.05) is 5.56 Å². The van der Waals surface area contributed by atoms with Gasteiger partial charge >= 0.3 is 6.03 Å². The monoisotopic (exact) mass is 341 g/mol. The summed E-state index contributed by atoms with van der Waals surface area (Å²) in [5, 5.41) is 4.93. The van der Waals surface area contributed by atoms with Crippen molar-refractivity contribution in [2.45, 2.75) is 5.54 Å². The standard InChI is InChI=1S/C18H16FN3O3/c1-22(2)9-25-11-4-6-14-13(8-11)12-5-3-10(19)7-15(12)18(14)16(23)20-17(24)21-18/h3-8H,9H2,1-2H3,(H2,20,21,23,24). The minimum absolute atomic E-state index is 0.400. The van der Waals surface area contributed by atoms with Gasteiger partial charge in [-0.3, -0.25) is 15.0 Å². The molecule has 1 unspecified atom stereocenters. The number of fused-ring (bicyclic) bond motifs is 5. The van der Waals surface area contributed by atoms with Crippen LogP contribution in [0.15, 0.2) is 36.4 Å². The molecule has 3 amide bonds. The minimum atomic E-state index is -1.40. The molecule has 6 nitrogen and oxygen atoms in total. The highest BCUT2D eigenvalue weighted by Gasteiger charge is 2.55. The molecule has 1 heterocycles. The van der Waals surface area contributed by atoms with Crippen molar-refractivity contribution < 1.29 is 18.7 Å². The summed E-state index contributed by atoms with van der Waals surface area (Å²) in [6.45, 7) is 0.400. The number of amides is 3. The van der Waals surface area contributed by atoms with Gasteiger partial charge in [-0.1, -0.05) is 12.1 Å². The Balaban J connectivity index is 1.90. The van der Waals surface area contributed by atoms with Gasteiger partial charge in [0.2, 0.25) is 0 Å². The zero-order valence-corrected chi connectivity index (χ0v) is 13.7. The average molecular weight is 341 g/mol. The van der Waals surface area contributed by atoms with Crippen molar-refractivity contribution in [2.24, 2.45) is 0 Å². The van der Waals surface area contributed by atoms with E-state index in [1.165, 1.54) is 12.1 Å². The molecule has 7 heteroatoms. The minimum Gasteiger partial charge on any atom is -0.478 e. The molecule has 1 aliphatic carbocycles. The summed E-state index contributed by atoms with van der Waals surface area (Å²) in [6.07, 6.45) is 0. The predicted molar refractivity (Wildman–Crippen MR) is 88.5 cm³/mol. The van der Waals surface area contributed by atoms with Crippen LogP contribution >= 0.6 is 0 Å². The zero-order chi connectivity index (χ0) is 17.8.